The molecule has 92 heavy (non-hydrogen) atoms. The maximum Gasteiger partial charge on any atom is 0.328 e. The summed E-state index contributed by atoms with van der Waals surface area (Å²) in [7, 11) is 3.03. The quantitative estimate of drug-likeness (QED) is 0.0211. The molecule has 1 heterocycles. The third-order valence-electron chi connectivity index (χ3n) is 12.4. The van der Waals surface area contributed by atoms with E-state index >= 15 is 0 Å². The lowest BCUT2D eigenvalue weighted by Crippen LogP contribution is -2.60. The molecule has 43 heteroatoms. The zero-order valence-electron chi connectivity index (χ0n) is 50.6. The first-order valence-corrected chi connectivity index (χ1v) is 34.9. The third kappa shape index (κ3) is 40.1. The van der Waals surface area contributed by atoms with Crippen LogP contribution in [-0.2, 0) is 71.7 Å². The van der Waals surface area contributed by atoms with Gasteiger partial charge in [-0.25, -0.2) is 4.79 Å². The number of aliphatic hydroxyl groups is 5. The van der Waals surface area contributed by atoms with E-state index in [2.05, 4.69) is 173 Å². The van der Waals surface area contributed by atoms with Crippen LogP contribution in [0.2, 0.25) is 0 Å². The summed E-state index contributed by atoms with van der Waals surface area (Å²) >= 11 is 45.8. The van der Waals surface area contributed by atoms with Crippen molar-refractivity contribution in [3.05, 3.63) is 0 Å². The van der Waals surface area contributed by atoms with E-state index in [1.807, 2.05) is 10.6 Å². The van der Waals surface area contributed by atoms with Gasteiger partial charge in [-0.1, -0.05) is 12.8 Å². The molecule has 1 saturated heterocycles. The van der Waals surface area contributed by atoms with Crippen molar-refractivity contribution in [3.8, 4) is 0 Å². The number of nitrogens with zero attached hydrogens (tertiary/aromatic N) is 4. The number of imide groups is 2. The molecule has 532 valence electrons. The zero-order valence-corrected chi connectivity index (χ0v) is 61.4. The number of carbonyl (C=O) groups is 13. The molecule has 0 aromatic heterocycles. The van der Waals surface area contributed by atoms with Crippen LogP contribution in [0.25, 0.3) is 0 Å². The number of aliphatic hydroxyl groups excluding tert-OH is 5. The van der Waals surface area contributed by atoms with E-state index in [1.54, 1.807) is 9.80 Å². The Morgan fingerprint density at radius 2 is 0.783 bits per heavy atom. The minimum Gasteiger partial charge on any atom is -0.452 e. The van der Waals surface area contributed by atoms with Gasteiger partial charge >= 0.3 is 18.0 Å². The average molecular weight is 1540 g/mol. The molecule has 11 N–H and O–H groups in total. The Morgan fingerprint density at radius 1 is 0.457 bits per heavy atom. The number of thiol groups is 12. The van der Waals surface area contributed by atoms with Gasteiger partial charge in [0.1, 0.15) is 18.3 Å². The monoisotopic (exact) mass is 1540 g/mol. The highest BCUT2D eigenvalue weighted by Crippen LogP contribution is 2.25. The summed E-state index contributed by atoms with van der Waals surface area (Å²) in [6.07, 6.45) is -4.54. The fraction of sp³-hybridized carbons (Fsp3) is 0.735. The second-order valence-electron chi connectivity index (χ2n) is 18.9. The zero-order chi connectivity index (χ0) is 71.4. The predicted octanol–water partition coefficient (Wildman–Crippen LogP) is -4.20. The molecule has 1 aliphatic heterocycles. The highest BCUT2D eigenvalue weighted by atomic mass is 32.1. The fourth-order valence-corrected chi connectivity index (χ4v) is 9.16. The smallest absolute Gasteiger partial charge is 0.328 e. The molecule has 12 amide bonds. The molecule has 0 aromatic carbocycles. The van der Waals surface area contributed by atoms with Gasteiger partial charge in [0.25, 0.3) is 11.8 Å². The number of rotatable bonds is 22. The molecule has 3 aliphatic rings. The molecule has 2 saturated carbocycles. The standard InChI is InChI=1S/C10H18N2O4S2.C10H18N2O2S2.C10H16O8S2.C8H16N2O2S2.C6H12N2O2S2.C5H8N2O3S2/c13-7-1-5(11-9(15)3-17)6(2-8(7)14)12-10(16)4-18;13-9(5-15)11-7-3-1-2-4-8(7)12-10(14)6-16;11-1-4-7(14)8(15)9(17-5(12)2-19)10(16-4)18-6(13)3-20;1-7(11)9(5-13)3-4-10(6-14)8(2)12;1-7(5(9)3-11)8(2)6(10)4-12;8-3(1-11)6-5(10)7-4(9)2-12/h5-8,13-14,17-18H,1-4H2,(H,11,15)(H,12,16);7-8,15-16H,1-6H2,(H,11,13)(H,12,14);4,7-11,14-15,19-20H,1-3H2;13-14H,3-6H2,1-2H3;11-12H,3-4H2,1-2H3;11-12H,1-2H2,(H2,6,7,8,9,10). The van der Waals surface area contributed by atoms with E-state index in [0.29, 0.717) is 24.8 Å². The molecule has 31 nitrogen and oxygen atoms in total. The minimum absolute atomic E-state index is 0.0301. The number of amides is 12. The SMILES string of the molecule is CC(=O)N(CS)CCN(CS)C(C)=O.CN(C(=O)CS)N(C)C(=O)CS.O=C(CS)NC(=O)NC(=O)CS.O=C(CS)NC1CC(O)C(O)CC1NC(=O)CS.O=C(CS)NC1CCCCC1NC(=O)CS.O=C(CS)OC1OC(CO)C(O)C(O)C1OC(=O)CS. The number of hydrogen-bond acceptors (Lipinski definition) is 33. The first kappa shape index (κ1) is 93.5. The Morgan fingerprint density at radius 3 is 1.07 bits per heavy atom. The number of ether oxygens (including phenoxy) is 3. The molecule has 3 fully saturated rings. The lowest BCUT2D eigenvalue weighted by atomic mass is 9.86. The van der Waals surface area contributed by atoms with Crippen LogP contribution in [0.5, 0.6) is 0 Å². The number of nitrogens with one attached hydrogen (secondary N) is 6. The van der Waals surface area contributed by atoms with Gasteiger partial charge in [-0.2, -0.15) is 152 Å². The van der Waals surface area contributed by atoms with Crippen molar-refractivity contribution in [2.24, 2.45) is 0 Å². The predicted molar refractivity (Wildman–Crippen MR) is 379 cm³/mol. The molecule has 11 unspecified atom stereocenters. The van der Waals surface area contributed by atoms with E-state index in [-0.39, 0.29) is 130 Å². The van der Waals surface area contributed by atoms with Gasteiger partial charge in [0.15, 0.2) is 6.10 Å². The Kier molecular flexibility index (Phi) is 55.2. The molecule has 2 aliphatic carbocycles. The van der Waals surface area contributed by atoms with Crippen LogP contribution in [0, 0.1) is 0 Å². The second kappa shape index (κ2) is 54.3. The van der Waals surface area contributed by atoms with Gasteiger partial charge in [0.05, 0.1) is 100 Å². The van der Waals surface area contributed by atoms with Crippen LogP contribution in [0.4, 0.5) is 4.79 Å². The summed E-state index contributed by atoms with van der Waals surface area (Å²) in [5.74, 6) is -3.36. The van der Waals surface area contributed by atoms with Crippen LogP contribution < -0.4 is 31.9 Å². The van der Waals surface area contributed by atoms with Gasteiger partial charge in [-0.3, -0.25) is 78.2 Å². The van der Waals surface area contributed by atoms with E-state index < -0.39 is 91.4 Å². The Balaban J connectivity index is -0.00000104. The normalized spacial score (nSPS) is 21.7. The Bertz CT molecular complexity index is 2210. The van der Waals surface area contributed by atoms with Crippen molar-refractivity contribution < 1.29 is 102 Å². The van der Waals surface area contributed by atoms with Crippen molar-refractivity contribution in [3.63, 3.8) is 0 Å². The molecule has 0 bridgehead atoms. The second-order valence-corrected chi connectivity index (χ2v) is 22.7. The van der Waals surface area contributed by atoms with Crippen LogP contribution in [0.15, 0.2) is 0 Å². The molecule has 11 atom stereocenters. The molecule has 3 rings (SSSR count). The van der Waals surface area contributed by atoms with Gasteiger partial charge in [-0.05, 0) is 25.7 Å². The maximum atomic E-state index is 11.3. The van der Waals surface area contributed by atoms with Gasteiger partial charge in [0.2, 0.25) is 53.5 Å². The number of hydrazine groups is 1. The fourth-order valence-electron chi connectivity index (χ4n) is 7.40. The van der Waals surface area contributed by atoms with Crippen molar-refractivity contribution in [1.29, 1.82) is 0 Å². The van der Waals surface area contributed by atoms with Crippen LogP contribution in [0.3, 0.4) is 0 Å². The molecular weight excluding hydrogens is 1450 g/mol. The highest BCUT2D eigenvalue weighted by molar-refractivity contribution is 7.82. The Labute approximate surface area is 600 Å². The average Bonchev–Trinajstić information content (AvgIpc) is 0.868. The van der Waals surface area contributed by atoms with Crippen LogP contribution in [0.1, 0.15) is 52.4 Å². The van der Waals surface area contributed by atoms with E-state index in [4.69, 9.17) is 19.3 Å². The van der Waals surface area contributed by atoms with E-state index in [9.17, 15) is 82.8 Å². The number of esters is 2. The van der Waals surface area contributed by atoms with E-state index in [0.717, 1.165) is 25.7 Å². The van der Waals surface area contributed by atoms with Gasteiger partial charge in [-0.15, -0.1) is 0 Å². The Hall–Kier alpha value is -2.73. The summed E-state index contributed by atoms with van der Waals surface area (Å²) in [4.78, 5) is 146. The lowest BCUT2D eigenvalue weighted by Gasteiger charge is -2.40. The van der Waals surface area contributed by atoms with E-state index in [1.165, 1.54) is 38.0 Å². The van der Waals surface area contributed by atoms with Crippen molar-refractivity contribution >= 4 is 229 Å². The molecule has 0 radical (unpaired) electrons. The van der Waals surface area contributed by atoms with Crippen molar-refractivity contribution in [1.82, 2.24) is 51.7 Å². The highest BCUT2D eigenvalue weighted by Gasteiger charge is 2.48. The van der Waals surface area contributed by atoms with Crippen molar-refractivity contribution in [2.45, 2.75) is 119 Å². The number of urea groups is 1. The summed E-state index contributed by atoms with van der Waals surface area (Å²) in [6, 6.07) is -1.60. The maximum absolute atomic E-state index is 11.3. The lowest BCUT2D eigenvalue weighted by molar-refractivity contribution is -0.295. The van der Waals surface area contributed by atoms with Crippen LogP contribution in [-0.4, -0.2) is 293 Å². The summed E-state index contributed by atoms with van der Waals surface area (Å²) in [5.41, 5.74) is 0. The van der Waals surface area contributed by atoms with Gasteiger partial charge < -0.3 is 70.8 Å². The molecule has 0 aromatic rings. The first-order valence-electron chi connectivity index (χ1n) is 27.3. The first-order chi connectivity index (χ1) is 43.2. The summed E-state index contributed by atoms with van der Waals surface area (Å²) in [5, 5.41) is 65.1. The largest absolute Gasteiger partial charge is 0.452 e. The number of hydrogen-bond donors (Lipinski definition) is 23. The third-order valence-corrected chi connectivity index (χ3v) is 15.8. The van der Waals surface area contributed by atoms with Crippen LogP contribution >= 0.6 is 152 Å². The summed E-state index contributed by atoms with van der Waals surface area (Å²) in [6.45, 7) is 3.35. The van der Waals surface area contributed by atoms with Crippen molar-refractivity contribution in [2.75, 3.05) is 103 Å². The minimum atomic E-state index is -1.58. The number of carbonyl (C=O) groups excluding carboxylic acids is 13. The van der Waals surface area contributed by atoms with Gasteiger partial charge in [0, 0.05) is 53.1 Å². The molecule has 0 spiro atoms. The summed E-state index contributed by atoms with van der Waals surface area (Å²) < 4.78 is 14.8. The topological polar surface area (TPSA) is 436 Å². The molecular formula is C49H88N10O21S12.